The highest BCUT2D eigenvalue weighted by atomic mass is 32.2. The van der Waals surface area contributed by atoms with E-state index in [2.05, 4.69) is 0 Å². The molecule has 204 valence electrons. The van der Waals surface area contributed by atoms with Crippen LogP contribution in [-0.4, -0.2) is 42.0 Å². The van der Waals surface area contributed by atoms with Crippen molar-refractivity contribution in [3.05, 3.63) is 83.4 Å². The molecule has 1 aromatic heterocycles. The van der Waals surface area contributed by atoms with Gasteiger partial charge in [-0.1, -0.05) is 30.3 Å². The topological polar surface area (TPSA) is 120 Å². The summed E-state index contributed by atoms with van der Waals surface area (Å²) in [6, 6.07) is 20.0. The number of esters is 1. The molecule has 0 radical (unpaired) electrons. The first-order valence-electron chi connectivity index (χ1n) is 12.2. The largest absolute Gasteiger partial charge is 0.489 e. The number of methoxy groups -OCH3 is 1. The summed E-state index contributed by atoms with van der Waals surface area (Å²) >= 11 is 0. The fourth-order valence-electron chi connectivity index (χ4n) is 4.47. The zero-order valence-corrected chi connectivity index (χ0v) is 23.0. The van der Waals surface area contributed by atoms with Gasteiger partial charge >= 0.3 is 5.97 Å². The average molecular weight is 570 g/mol. The number of furan rings is 1. The second kappa shape index (κ2) is 10.7. The van der Waals surface area contributed by atoms with Gasteiger partial charge in [0.2, 0.25) is 10.9 Å². The number of ether oxygens (including phenoxy) is 2. The first-order valence-corrected chi connectivity index (χ1v) is 15.4. The van der Waals surface area contributed by atoms with E-state index in [1.54, 1.807) is 30.3 Å². The smallest absolute Gasteiger partial charge is 0.342 e. The number of nitrogens with zero attached hydrogens (tertiary/aromatic N) is 1. The molecule has 1 saturated carbocycles. The molecule has 9 nitrogen and oxygen atoms in total. The number of thiol groups is 1. The predicted octanol–water partition coefficient (Wildman–Crippen LogP) is 4.68. The van der Waals surface area contributed by atoms with Crippen molar-refractivity contribution in [3.63, 3.8) is 0 Å². The lowest BCUT2D eigenvalue weighted by Gasteiger charge is -2.20. The molecule has 3 aromatic carbocycles. The number of fused-ring (bicyclic) bond motifs is 1. The summed E-state index contributed by atoms with van der Waals surface area (Å²) in [4.78, 5) is 12.9. The lowest BCUT2D eigenvalue weighted by Crippen LogP contribution is -2.28. The Labute approximate surface area is 228 Å². The van der Waals surface area contributed by atoms with Crippen LogP contribution in [0.4, 0.5) is 5.69 Å². The van der Waals surface area contributed by atoms with E-state index in [0.717, 1.165) is 29.0 Å². The van der Waals surface area contributed by atoms with Gasteiger partial charge < -0.3 is 13.9 Å². The van der Waals surface area contributed by atoms with Crippen LogP contribution in [0, 0.1) is 0 Å². The van der Waals surface area contributed by atoms with Crippen molar-refractivity contribution in [3.8, 4) is 17.1 Å². The van der Waals surface area contributed by atoms with Crippen LogP contribution < -0.4 is 9.04 Å². The summed E-state index contributed by atoms with van der Waals surface area (Å²) in [5.41, 5.74) is 2.94. The maximum Gasteiger partial charge on any atom is 0.342 e. The van der Waals surface area contributed by atoms with Crippen molar-refractivity contribution in [1.29, 1.82) is 0 Å². The summed E-state index contributed by atoms with van der Waals surface area (Å²) in [5.74, 6) is -0.366. The normalized spacial score (nSPS) is 13.5. The highest BCUT2D eigenvalue weighted by Crippen LogP contribution is 2.48. The van der Waals surface area contributed by atoms with Gasteiger partial charge in [0.1, 0.15) is 35.1 Å². The van der Waals surface area contributed by atoms with Crippen LogP contribution in [0.25, 0.3) is 22.3 Å². The molecule has 39 heavy (non-hydrogen) atoms. The van der Waals surface area contributed by atoms with Gasteiger partial charge in [-0.05, 0) is 60.2 Å². The van der Waals surface area contributed by atoms with Crippen LogP contribution in [0.2, 0.25) is 0 Å². The van der Waals surface area contributed by atoms with Gasteiger partial charge in [0, 0.05) is 23.3 Å². The number of rotatable bonds is 10. The fourth-order valence-corrected chi connectivity index (χ4v) is 6.41. The van der Waals surface area contributed by atoms with E-state index in [1.807, 2.05) is 30.3 Å². The average Bonchev–Trinajstić information content (AvgIpc) is 3.70. The van der Waals surface area contributed by atoms with Crippen LogP contribution >= 0.6 is 0 Å². The minimum atomic E-state index is -3.66. The van der Waals surface area contributed by atoms with Crippen molar-refractivity contribution in [2.24, 2.45) is 0 Å². The summed E-state index contributed by atoms with van der Waals surface area (Å²) in [7, 11) is -5.63. The van der Waals surface area contributed by atoms with E-state index in [-0.39, 0.29) is 28.5 Å². The first kappa shape index (κ1) is 26.8. The molecule has 5 rings (SSSR count). The summed E-state index contributed by atoms with van der Waals surface area (Å²) in [6.07, 6.45) is 2.62. The molecule has 1 fully saturated rings. The molecule has 1 heterocycles. The van der Waals surface area contributed by atoms with Gasteiger partial charge in [0.15, 0.2) is 9.84 Å². The molecular weight excluding hydrogens is 542 g/mol. The third-order valence-electron chi connectivity index (χ3n) is 6.44. The number of carbonyl (C=O) groups is 1. The molecule has 1 aliphatic carbocycles. The fraction of sp³-hybridized carbons (Fsp3) is 0.250. The zero-order chi connectivity index (χ0) is 27.7. The number of carbonyl (C=O) groups excluding carboxylic acids is 1. The van der Waals surface area contributed by atoms with Gasteiger partial charge in [-0.2, -0.15) is 0 Å². The van der Waals surface area contributed by atoms with Crippen LogP contribution in [0.5, 0.6) is 5.75 Å². The summed E-state index contributed by atoms with van der Waals surface area (Å²) in [5, 5.41) is 0.465. The van der Waals surface area contributed by atoms with Gasteiger partial charge in [0.05, 0.1) is 12.8 Å². The van der Waals surface area contributed by atoms with E-state index in [1.165, 1.54) is 13.2 Å². The maximum absolute atomic E-state index is 12.9. The van der Waals surface area contributed by atoms with Crippen molar-refractivity contribution < 1.29 is 35.5 Å². The second-order valence-electron chi connectivity index (χ2n) is 9.47. The van der Waals surface area contributed by atoms with Gasteiger partial charge in [-0.15, -0.1) is 0 Å². The Kier molecular flexibility index (Phi) is 7.37. The van der Waals surface area contributed by atoms with Crippen LogP contribution in [0.15, 0.2) is 71.1 Å². The van der Waals surface area contributed by atoms with Crippen molar-refractivity contribution in [1.82, 2.24) is 0 Å². The molecule has 4 aromatic rings. The Bertz CT molecular complexity index is 1700. The van der Waals surface area contributed by atoms with E-state index < -0.39 is 32.6 Å². The molecule has 0 aliphatic heterocycles. The van der Waals surface area contributed by atoms with Crippen molar-refractivity contribution >= 4 is 43.4 Å². The monoisotopic (exact) mass is 569 g/mol. The van der Waals surface area contributed by atoms with Gasteiger partial charge in [0.25, 0.3) is 0 Å². The van der Waals surface area contributed by atoms with E-state index in [4.69, 9.17) is 13.9 Å². The Morgan fingerprint density at radius 3 is 2.33 bits per heavy atom. The minimum absolute atomic E-state index is 0.0475. The molecule has 0 N–H and O–H groups in total. The minimum Gasteiger partial charge on any atom is -0.489 e. The standard InChI is InChI=1S/C28H27NO8S2/c1-35-28(30)26-23-14-22(19-8-9-19)24(29(38(31)32)17-39(2,33)34)15-25(23)37-27(26)20-10-12-21(13-11-20)36-16-18-6-4-3-5-7-18/h3-7,10-15,19,38H,8-9,16-17H2,1-2H3. The molecular formula is C28H27NO8S2. The van der Waals surface area contributed by atoms with E-state index in [9.17, 15) is 21.6 Å². The molecule has 0 spiro atoms. The Morgan fingerprint density at radius 1 is 1.05 bits per heavy atom. The Morgan fingerprint density at radius 2 is 1.74 bits per heavy atom. The highest BCUT2D eigenvalue weighted by Gasteiger charge is 2.32. The molecule has 1 aliphatic rings. The lowest BCUT2D eigenvalue weighted by atomic mass is 10.0. The van der Waals surface area contributed by atoms with Crippen LogP contribution in [0.3, 0.4) is 0 Å². The second-order valence-corrected chi connectivity index (χ2v) is 12.5. The first-order chi connectivity index (χ1) is 18.6. The summed E-state index contributed by atoms with van der Waals surface area (Å²) < 4.78 is 66.1. The number of hydrogen-bond donors (Lipinski definition) is 1. The third kappa shape index (κ3) is 5.94. The number of anilines is 1. The predicted molar refractivity (Wildman–Crippen MR) is 148 cm³/mol. The number of hydrogen-bond acceptors (Lipinski definition) is 8. The van der Waals surface area contributed by atoms with Crippen LogP contribution in [0.1, 0.15) is 40.2 Å². The maximum atomic E-state index is 12.9. The van der Waals surface area contributed by atoms with Crippen molar-refractivity contribution in [2.75, 3.05) is 23.5 Å². The molecule has 11 heteroatoms. The molecule has 0 atom stereocenters. The highest BCUT2D eigenvalue weighted by molar-refractivity contribution is 7.91. The zero-order valence-electron chi connectivity index (χ0n) is 21.3. The molecule has 0 unspecified atom stereocenters. The molecule has 0 bridgehead atoms. The van der Waals surface area contributed by atoms with Gasteiger partial charge in [-0.25, -0.2) is 21.6 Å². The number of sulfone groups is 1. The Hall–Kier alpha value is -3.83. The van der Waals surface area contributed by atoms with E-state index in [0.29, 0.717) is 28.9 Å². The van der Waals surface area contributed by atoms with Crippen molar-refractivity contribution in [2.45, 2.75) is 25.4 Å². The van der Waals surface area contributed by atoms with Gasteiger partial charge in [-0.3, -0.25) is 4.31 Å². The number of benzene rings is 3. The Balaban J connectivity index is 1.57. The van der Waals surface area contributed by atoms with Crippen LogP contribution in [-0.2, 0) is 32.1 Å². The lowest BCUT2D eigenvalue weighted by molar-refractivity contribution is 0.0603. The molecule has 0 saturated heterocycles. The third-order valence-corrected chi connectivity index (χ3v) is 8.11. The summed E-state index contributed by atoms with van der Waals surface area (Å²) in [6.45, 7) is 0.400. The molecule has 0 amide bonds. The van der Waals surface area contributed by atoms with E-state index >= 15 is 0 Å². The quantitative estimate of drug-likeness (QED) is 0.216. The SMILES string of the molecule is COC(=O)c1c(-c2ccc(OCc3ccccc3)cc2)oc2cc(N(CS(C)(=O)=O)[SH](=O)=O)c(C3CC3)cc12.